The minimum Gasteiger partial charge on any atom is -0.492 e. The van der Waals surface area contributed by atoms with Crippen LogP contribution in [0.2, 0.25) is 0 Å². The number of nitriles is 1. The summed E-state index contributed by atoms with van der Waals surface area (Å²) in [7, 11) is 0. The van der Waals surface area contributed by atoms with Crippen molar-refractivity contribution in [2.75, 3.05) is 13.2 Å². The average Bonchev–Trinajstić information content (AvgIpc) is 2.63. The van der Waals surface area contributed by atoms with Crippen LogP contribution in [0, 0.1) is 11.3 Å². The lowest BCUT2D eigenvalue weighted by molar-refractivity contribution is 0.281. The molecule has 0 radical (unpaired) electrons. The lowest BCUT2D eigenvalue weighted by atomic mass is 9.86. The van der Waals surface area contributed by atoms with Crippen LogP contribution in [0.25, 0.3) is 0 Å². The van der Waals surface area contributed by atoms with Gasteiger partial charge in [0.1, 0.15) is 12.4 Å². The molecule has 0 spiro atoms. The lowest BCUT2D eigenvalue weighted by Gasteiger charge is -2.20. The molecule has 4 nitrogen and oxygen atoms in total. The number of ether oxygens (including phenoxy) is 1. The van der Waals surface area contributed by atoms with Crippen molar-refractivity contribution in [2.24, 2.45) is 5.73 Å². The molecule has 0 aliphatic heterocycles. The Morgan fingerprint density at radius 2 is 1.89 bits per heavy atom. The maximum absolute atomic E-state index is 8.90. The average molecular weight is 386 g/mol. The van der Waals surface area contributed by atoms with Crippen molar-refractivity contribution in [2.45, 2.75) is 45.2 Å². The van der Waals surface area contributed by atoms with E-state index in [1.807, 2.05) is 12.1 Å². The molecule has 5 heteroatoms. The third-order valence-corrected chi connectivity index (χ3v) is 4.24. The van der Waals surface area contributed by atoms with Gasteiger partial charge >= 0.3 is 0 Å². The standard InChI is InChI=1S/C22H29N3O.H2S/c1-22(2,3)19-8-4-7-18(12-19)15-25-11-10-20(24)16-26-21-9-5-6-17(13-21)14-23;/h4-9,12-13,20,25H,10-11,15-16,24H2,1-3H3;1H2/t20-;/m1./s1. The highest BCUT2D eigenvalue weighted by atomic mass is 32.1. The molecule has 0 saturated heterocycles. The summed E-state index contributed by atoms with van der Waals surface area (Å²) < 4.78 is 5.67. The summed E-state index contributed by atoms with van der Waals surface area (Å²) in [6.07, 6.45) is 0.830. The Bertz CT molecular complexity index is 750. The third-order valence-electron chi connectivity index (χ3n) is 4.24. The van der Waals surface area contributed by atoms with Gasteiger partial charge in [-0.15, -0.1) is 0 Å². The number of hydrogen-bond acceptors (Lipinski definition) is 4. The maximum atomic E-state index is 8.90. The molecule has 0 unspecified atom stereocenters. The minimum absolute atomic E-state index is 0. The Hall–Kier alpha value is -2.00. The Morgan fingerprint density at radius 1 is 1.15 bits per heavy atom. The van der Waals surface area contributed by atoms with Gasteiger partial charge in [-0.3, -0.25) is 0 Å². The number of hydrogen-bond donors (Lipinski definition) is 2. The SMILES string of the molecule is CC(C)(C)c1cccc(CNCC[C@@H](N)COc2cccc(C#N)c2)c1.S. The molecule has 0 bridgehead atoms. The first kappa shape index (κ1) is 23.0. The van der Waals surface area contributed by atoms with Crippen LogP contribution in [0.3, 0.4) is 0 Å². The quantitative estimate of drug-likeness (QED) is 0.677. The molecule has 3 N–H and O–H groups in total. The second-order valence-electron chi connectivity index (χ2n) is 7.63. The van der Waals surface area contributed by atoms with E-state index < -0.39 is 0 Å². The zero-order valence-corrected chi connectivity index (χ0v) is 17.5. The summed E-state index contributed by atoms with van der Waals surface area (Å²) in [6, 6.07) is 17.9. The number of benzene rings is 2. The van der Waals surface area contributed by atoms with Gasteiger partial charge in [-0.05, 0) is 47.7 Å². The molecule has 2 aromatic rings. The normalized spacial score (nSPS) is 12.0. The zero-order valence-electron chi connectivity index (χ0n) is 16.5. The van der Waals surface area contributed by atoms with Gasteiger partial charge in [0.05, 0.1) is 11.6 Å². The topological polar surface area (TPSA) is 71.1 Å². The first-order valence-corrected chi connectivity index (χ1v) is 9.07. The van der Waals surface area contributed by atoms with Crippen LogP contribution in [-0.2, 0) is 12.0 Å². The van der Waals surface area contributed by atoms with E-state index in [9.17, 15) is 0 Å². The van der Waals surface area contributed by atoms with Crippen LogP contribution >= 0.6 is 13.5 Å². The van der Waals surface area contributed by atoms with E-state index in [2.05, 4.69) is 56.4 Å². The van der Waals surface area contributed by atoms with E-state index in [-0.39, 0.29) is 25.0 Å². The number of nitrogens with zero attached hydrogens (tertiary/aromatic N) is 1. The summed E-state index contributed by atoms with van der Waals surface area (Å²) in [6.45, 7) is 8.79. The molecule has 0 fully saturated rings. The molecule has 0 heterocycles. The van der Waals surface area contributed by atoms with Gasteiger partial charge in [-0.2, -0.15) is 18.8 Å². The van der Waals surface area contributed by atoms with Gasteiger partial charge in [-0.25, -0.2) is 0 Å². The summed E-state index contributed by atoms with van der Waals surface area (Å²) in [5.74, 6) is 0.687. The van der Waals surface area contributed by atoms with Gasteiger partial charge in [0.25, 0.3) is 0 Å². The Labute approximate surface area is 170 Å². The largest absolute Gasteiger partial charge is 0.492 e. The Kier molecular flexibility index (Phi) is 9.37. The van der Waals surface area contributed by atoms with Crippen molar-refractivity contribution in [3.05, 3.63) is 65.2 Å². The predicted molar refractivity (Wildman–Crippen MR) is 116 cm³/mol. The summed E-state index contributed by atoms with van der Waals surface area (Å²) >= 11 is 0. The van der Waals surface area contributed by atoms with Crippen LogP contribution in [0.15, 0.2) is 48.5 Å². The Balaban J connectivity index is 0.00000364. The number of nitrogens with one attached hydrogen (secondary N) is 1. The molecule has 2 aromatic carbocycles. The van der Waals surface area contributed by atoms with E-state index in [4.69, 9.17) is 15.7 Å². The van der Waals surface area contributed by atoms with E-state index >= 15 is 0 Å². The predicted octanol–water partition coefficient (Wildman–Crippen LogP) is 3.85. The lowest BCUT2D eigenvalue weighted by Crippen LogP contribution is -2.31. The highest BCUT2D eigenvalue weighted by Gasteiger charge is 2.13. The van der Waals surface area contributed by atoms with E-state index in [0.29, 0.717) is 17.9 Å². The third kappa shape index (κ3) is 8.04. The molecule has 146 valence electrons. The van der Waals surface area contributed by atoms with E-state index in [1.54, 1.807) is 12.1 Å². The molecule has 1 atom stereocenters. The van der Waals surface area contributed by atoms with Gasteiger partial charge in [0.15, 0.2) is 0 Å². The first-order chi connectivity index (χ1) is 12.4. The molecule has 0 aromatic heterocycles. The van der Waals surface area contributed by atoms with Crippen molar-refractivity contribution in [1.29, 1.82) is 5.26 Å². The summed E-state index contributed by atoms with van der Waals surface area (Å²) in [4.78, 5) is 0. The van der Waals surface area contributed by atoms with E-state index in [0.717, 1.165) is 19.5 Å². The van der Waals surface area contributed by atoms with Crippen molar-refractivity contribution >= 4 is 13.5 Å². The van der Waals surface area contributed by atoms with Gasteiger partial charge in [-0.1, -0.05) is 51.1 Å². The minimum atomic E-state index is -0.0471. The summed E-state index contributed by atoms with van der Waals surface area (Å²) in [5.41, 5.74) is 9.52. The second kappa shape index (κ2) is 11.0. The molecule has 27 heavy (non-hydrogen) atoms. The molecule has 0 saturated carbocycles. The zero-order chi connectivity index (χ0) is 19.0. The highest BCUT2D eigenvalue weighted by molar-refractivity contribution is 7.59. The van der Waals surface area contributed by atoms with Crippen LogP contribution in [0.5, 0.6) is 5.75 Å². The Morgan fingerprint density at radius 3 is 2.59 bits per heavy atom. The molecule has 2 rings (SSSR count). The summed E-state index contributed by atoms with van der Waals surface area (Å²) in [5, 5.41) is 12.3. The van der Waals surface area contributed by atoms with Gasteiger partial charge < -0.3 is 15.8 Å². The fraction of sp³-hybridized carbons (Fsp3) is 0.409. The fourth-order valence-corrected chi connectivity index (χ4v) is 2.61. The number of rotatable bonds is 8. The molecule has 0 aliphatic carbocycles. The molecular formula is C22H31N3OS. The molecular weight excluding hydrogens is 354 g/mol. The van der Waals surface area contributed by atoms with Crippen molar-refractivity contribution < 1.29 is 4.74 Å². The smallest absolute Gasteiger partial charge is 0.120 e. The van der Waals surface area contributed by atoms with Crippen molar-refractivity contribution in [3.8, 4) is 11.8 Å². The molecule has 0 amide bonds. The monoisotopic (exact) mass is 385 g/mol. The fourth-order valence-electron chi connectivity index (χ4n) is 2.61. The van der Waals surface area contributed by atoms with Gasteiger partial charge in [0, 0.05) is 12.6 Å². The first-order valence-electron chi connectivity index (χ1n) is 9.07. The molecule has 0 aliphatic rings. The van der Waals surface area contributed by atoms with E-state index in [1.165, 1.54) is 11.1 Å². The van der Waals surface area contributed by atoms with Crippen LogP contribution in [-0.4, -0.2) is 19.2 Å². The second-order valence-corrected chi connectivity index (χ2v) is 7.63. The van der Waals surface area contributed by atoms with Crippen LogP contribution in [0.4, 0.5) is 0 Å². The number of nitrogens with two attached hydrogens (primary N) is 1. The maximum Gasteiger partial charge on any atom is 0.120 e. The van der Waals surface area contributed by atoms with Gasteiger partial charge in [0.2, 0.25) is 0 Å². The van der Waals surface area contributed by atoms with Crippen LogP contribution in [0.1, 0.15) is 43.9 Å². The van der Waals surface area contributed by atoms with Crippen molar-refractivity contribution in [1.82, 2.24) is 5.32 Å². The van der Waals surface area contributed by atoms with Crippen LogP contribution < -0.4 is 15.8 Å². The van der Waals surface area contributed by atoms with Crippen molar-refractivity contribution in [3.63, 3.8) is 0 Å². The highest BCUT2D eigenvalue weighted by Crippen LogP contribution is 2.22.